The van der Waals surface area contributed by atoms with Gasteiger partial charge in [0.2, 0.25) is 0 Å². The Hall–Kier alpha value is -1.84. The fourth-order valence-corrected chi connectivity index (χ4v) is 1.96. The molecule has 0 saturated heterocycles. The van der Waals surface area contributed by atoms with Gasteiger partial charge in [0.05, 0.1) is 12.1 Å². The number of aliphatic imine (C=N–C) groups is 2. The predicted molar refractivity (Wildman–Crippen MR) is 69.2 cm³/mol. The topological polar surface area (TPSA) is 43.2 Å². The Morgan fingerprint density at radius 2 is 1.50 bits per heavy atom. The second kappa shape index (κ2) is 4.44. The first-order valence-electron chi connectivity index (χ1n) is 6.16. The number of benzene rings is 1. The molecule has 0 aliphatic carbocycles. The maximum atomic E-state index is 5.53. The lowest BCUT2D eigenvalue weighted by Gasteiger charge is -2.12. The van der Waals surface area contributed by atoms with Crippen molar-refractivity contribution in [3.8, 4) is 0 Å². The smallest absolute Gasteiger partial charge is 0.148 e. The molecule has 1 aromatic rings. The van der Waals surface area contributed by atoms with Crippen molar-refractivity contribution in [3.63, 3.8) is 0 Å². The third kappa shape index (κ3) is 2.10. The summed E-state index contributed by atoms with van der Waals surface area (Å²) in [6.45, 7) is 5.34. The fourth-order valence-electron chi connectivity index (χ4n) is 1.96. The van der Waals surface area contributed by atoms with Crippen LogP contribution in [0.25, 0.3) is 0 Å². The second-order valence-corrected chi connectivity index (χ2v) is 4.67. The summed E-state index contributed by atoms with van der Waals surface area (Å²) < 4.78 is 11.1. The predicted octanol–water partition coefficient (Wildman–Crippen LogP) is 1.82. The maximum absolute atomic E-state index is 5.53. The van der Waals surface area contributed by atoms with Gasteiger partial charge in [-0.2, -0.15) is 0 Å². The van der Waals surface area contributed by atoms with E-state index in [9.17, 15) is 0 Å². The van der Waals surface area contributed by atoms with Crippen LogP contribution in [0.5, 0.6) is 0 Å². The molecule has 94 valence electrons. The van der Waals surface area contributed by atoms with E-state index in [-0.39, 0.29) is 12.1 Å². The van der Waals surface area contributed by atoms with E-state index in [1.807, 2.05) is 32.0 Å². The molecule has 2 aliphatic rings. The Bertz CT molecular complexity index is 479. The van der Waals surface area contributed by atoms with Crippen molar-refractivity contribution in [2.24, 2.45) is 9.98 Å². The van der Waals surface area contributed by atoms with Crippen molar-refractivity contribution in [2.75, 3.05) is 13.2 Å². The summed E-state index contributed by atoms with van der Waals surface area (Å²) in [4.78, 5) is 8.85. The highest BCUT2D eigenvalue weighted by molar-refractivity contribution is 6.00. The van der Waals surface area contributed by atoms with Gasteiger partial charge in [-0.15, -0.1) is 24.3 Å². The van der Waals surface area contributed by atoms with Crippen molar-refractivity contribution in [1.29, 1.82) is 0 Å². The first-order valence-corrected chi connectivity index (χ1v) is 6.16. The van der Waals surface area contributed by atoms with Crippen LogP contribution >= 0.6 is 0 Å². The highest BCUT2D eigenvalue weighted by atomic mass is 16.5. The van der Waals surface area contributed by atoms with Gasteiger partial charge in [0.25, 0.3) is 0 Å². The Kier molecular flexibility index (Phi) is 2.78. The lowest BCUT2D eigenvalue weighted by Crippen LogP contribution is -2.06. The van der Waals surface area contributed by atoms with E-state index in [1.165, 1.54) is 0 Å². The molecule has 4 heteroatoms. The molecule has 4 nitrogen and oxygen atoms in total. The molecule has 0 N–H and O–H groups in total. The number of ether oxygens (including phenoxy) is 2. The van der Waals surface area contributed by atoms with E-state index in [0.29, 0.717) is 25.0 Å². The molecule has 0 spiro atoms. The van der Waals surface area contributed by atoms with Gasteiger partial charge in [-0.3, -0.25) is 9.98 Å². The van der Waals surface area contributed by atoms with Crippen LogP contribution in [0.3, 0.4) is 0 Å². The summed E-state index contributed by atoms with van der Waals surface area (Å²) in [6, 6.07) is 9.53. The van der Waals surface area contributed by atoms with Crippen LogP contribution in [0.1, 0.15) is 25.0 Å². The Morgan fingerprint density at radius 1 is 1.00 bits per heavy atom. The van der Waals surface area contributed by atoms with Gasteiger partial charge in [0.15, 0.2) is 0 Å². The molecule has 0 amide bonds. The molecule has 0 saturated carbocycles. The Balaban J connectivity index is 1.90. The van der Waals surface area contributed by atoms with E-state index >= 15 is 0 Å². The minimum Gasteiger partial charge on any atom is -0.510 e. The standard InChI is InChI=1S/C14H15N2O2/c1-9-7-17-13(15-9)11-4-3-5-12(6-11)14-16-10(2)8-18-14/h3-5,9-10H,7-8H2,1-2H3/q-1/t9-,10-/m0/s1. The molecule has 0 aromatic heterocycles. The van der Waals surface area contributed by atoms with Crippen LogP contribution < -0.4 is 0 Å². The molecule has 2 aliphatic heterocycles. The molecule has 2 atom stereocenters. The summed E-state index contributed by atoms with van der Waals surface area (Å²) >= 11 is 0. The Morgan fingerprint density at radius 3 is 1.89 bits per heavy atom. The average molecular weight is 243 g/mol. The van der Waals surface area contributed by atoms with Crippen LogP contribution in [0.4, 0.5) is 0 Å². The SMILES string of the molecule is C[C@H]1COC(c2[c-]c(C3=N[C@@H](C)CO3)ccc2)=N1. The molecule has 18 heavy (non-hydrogen) atoms. The summed E-state index contributed by atoms with van der Waals surface area (Å²) in [7, 11) is 0. The summed E-state index contributed by atoms with van der Waals surface area (Å²) in [5.41, 5.74) is 1.73. The molecular formula is C14H15N2O2-. The van der Waals surface area contributed by atoms with E-state index in [2.05, 4.69) is 16.1 Å². The van der Waals surface area contributed by atoms with Crippen molar-refractivity contribution >= 4 is 11.8 Å². The highest BCUT2D eigenvalue weighted by Gasteiger charge is 2.14. The molecular weight excluding hydrogens is 228 g/mol. The maximum Gasteiger partial charge on any atom is 0.148 e. The third-order valence-electron chi connectivity index (χ3n) is 2.85. The number of hydrogen-bond donors (Lipinski definition) is 0. The van der Waals surface area contributed by atoms with Crippen LogP contribution in [-0.4, -0.2) is 37.1 Å². The fraction of sp³-hybridized carbons (Fsp3) is 0.429. The van der Waals surface area contributed by atoms with Crippen molar-refractivity contribution in [2.45, 2.75) is 25.9 Å². The first kappa shape index (κ1) is 11.3. The van der Waals surface area contributed by atoms with Crippen LogP contribution in [0.2, 0.25) is 0 Å². The lowest BCUT2D eigenvalue weighted by molar-refractivity contribution is 0.323. The van der Waals surface area contributed by atoms with Crippen molar-refractivity contribution in [3.05, 3.63) is 35.4 Å². The second-order valence-electron chi connectivity index (χ2n) is 4.67. The van der Waals surface area contributed by atoms with Gasteiger partial charge in [-0.25, -0.2) is 0 Å². The van der Waals surface area contributed by atoms with Gasteiger partial charge in [-0.1, -0.05) is 11.1 Å². The lowest BCUT2D eigenvalue weighted by atomic mass is 10.1. The molecule has 0 bridgehead atoms. The molecule has 1 aromatic carbocycles. The zero-order valence-electron chi connectivity index (χ0n) is 10.5. The van der Waals surface area contributed by atoms with Gasteiger partial charge < -0.3 is 9.47 Å². The summed E-state index contributed by atoms with van der Waals surface area (Å²) in [5.74, 6) is 1.33. The van der Waals surface area contributed by atoms with Crippen molar-refractivity contribution < 1.29 is 9.47 Å². The van der Waals surface area contributed by atoms with Gasteiger partial charge >= 0.3 is 0 Å². The quantitative estimate of drug-likeness (QED) is 0.744. The zero-order chi connectivity index (χ0) is 12.5. The van der Waals surface area contributed by atoms with Crippen molar-refractivity contribution in [1.82, 2.24) is 0 Å². The first-order chi connectivity index (χ1) is 8.72. The van der Waals surface area contributed by atoms with E-state index in [4.69, 9.17) is 9.47 Å². The number of rotatable bonds is 2. The Labute approximate surface area is 106 Å². The van der Waals surface area contributed by atoms with E-state index in [0.717, 1.165) is 11.1 Å². The molecule has 0 fully saturated rings. The monoisotopic (exact) mass is 243 g/mol. The molecule has 0 unspecified atom stereocenters. The molecule has 2 heterocycles. The minimum absolute atomic E-state index is 0.220. The normalized spacial score (nSPS) is 26.3. The van der Waals surface area contributed by atoms with Crippen LogP contribution in [0.15, 0.2) is 28.2 Å². The summed E-state index contributed by atoms with van der Waals surface area (Å²) in [5, 5.41) is 0. The van der Waals surface area contributed by atoms with E-state index in [1.54, 1.807) is 0 Å². The zero-order valence-corrected chi connectivity index (χ0v) is 10.5. The highest BCUT2D eigenvalue weighted by Crippen LogP contribution is 2.16. The molecule has 3 rings (SSSR count). The largest absolute Gasteiger partial charge is 0.510 e. The average Bonchev–Trinajstić information content (AvgIpc) is 2.98. The molecule has 0 radical (unpaired) electrons. The third-order valence-corrected chi connectivity index (χ3v) is 2.85. The van der Waals surface area contributed by atoms with Gasteiger partial charge in [0.1, 0.15) is 25.0 Å². The number of hydrogen-bond acceptors (Lipinski definition) is 4. The van der Waals surface area contributed by atoms with Gasteiger partial charge in [0, 0.05) is 0 Å². The van der Waals surface area contributed by atoms with Crippen LogP contribution in [0, 0.1) is 6.07 Å². The summed E-state index contributed by atoms with van der Waals surface area (Å²) in [6.07, 6.45) is 0. The number of nitrogens with zero attached hydrogens (tertiary/aromatic N) is 2. The minimum atomic E-state index is 0.220. The van der Waals surface area contributed by atoms with E-state index < -0.39 is 0 Å². The van der Waals surface area contributed by atoms with Crippen LogP contribution in [-0.2, 0) is 9.47 Å². The van der Waals surface area contributed by atoms with Gasteiger partial charge in [-0.05, 0) is 13.8 Å².